The van der Waals surface area contributed by atoms with Gasteiger partial charge in [-0.05, 0) is 28.1 Å². The number of benzene rings is 2. The van der Waals surface area contributed by atoms with Crippen LogP contribution in [0, 0.1) is 0 Å². The van der Waals surface area contributed by atoms with Crippen LogP contribution in [0.5, 0.6) is 5.75 Å². The van der Waals surface area contributed by atoms with Gasteiger partial charge in [0.15, 0.2) is 0 Å². The summed E-state index contributed by atoms with van der Waals surface area (Å²) in [5, 5.41) is 21.3. The van der Waals surface area contributed by atoms with E-state index in [2.05, 4.69) is 31.4 Å². The number of hydrogen-bond acceptors (Lipinski definition) is 3. The summed E-state index contributed by atoms with van der Waals surface area (Å²) >= 11 is 3.31. The van der Waals surface area contributed by atoms with Gasteiger partial charge in [0, 0.05) is 17.5 Å². The molecule has 0 spiro atoms. The van der Waals surface area contributed by atoms with Gasteiger partial charge >= 0.3 is 0 Å². The van der Waals surface area contributed by atoms with E-state index in [-0.39, 0.29) is 5.75 Å². The highest BCUT2D eigenvalue weighted by Gasteiger charge is 2.06. The van der Waals surface area contributed by atoms with Crippen LogP contribution in [0.25, 0.3) is 10.9 Å². The molecule has 0 aliphatic rings. The number of anilines is 1. The van der Waals surface area contributed by atoms with E-state index in [1.165, 1.54) is 0 Å². The molecule has 0 fully saturated rings. The normalized spacial score (nSPS) is 10.8. The molecule has 0 unspecified atom stereocenters. The molecule has 4 nitrogen and oxygen atoms in total. The van der Waals surface area contributed by atoms with E-state index in [1.807, 2.05) is 36.4 Å². The van der Waals surface area contributed by atoms with Gasteiger partial charge in [-0.2, -0.15) is 5.10 Å². The standard InChI is InChI=1S/C14H12BrN3O/c15-11-5-1-4-10(14(11)19)7-16-12-6-2-3-9-8-17-18-13(9)12/h1-6,8,16,19H,7H2,(H,17,18). The van der Waals surface area contributed by atoms with Gasteiger partial charge in [0.05, 0.1) is 21.9 Å². The first kappa shape index (κ1) is 12.0. The highest BCUT2D eigenvalue weighted by Crippen LogP contribution is 2.28. The Labute approximate surface area is 118 Å². The van der Waals surface area contributed by atoms with Gasteiger partial charge < -0.3 is 10.4 Å². The second kappa shape index (κ2) is 4.93. The number of aromatic nitrogens is 2. The molecule has 0 amide bonds. The van der Waals surface area contributed by atoms with Crippen molar-refractivity contribution in [1.29, 1.82) is 0 Å². The van der Waals surface area contributed by atoms with E-state index in [9.17, 15) is 5.11 Å². The zero-order chi connectivity index (χ0) is 13.2. The topological polar surface area (TPSA) is 60.9 Å². The molecule has 0 atom stereocenters. The number of nitrogens with zero attached hydrogens (tertiary/aromatic N) is 1. The molecule has 0 radical (unpaired) electrons. The second-order valence-corrected chi connectivity index (χ2v) is 5.10. The molecule has 0 aliphatic heterocycles. The first-order valence-electron chi connectivity index (χ1n) is 5.88. The number of H-pyrrole nitrogens is 1. The van der Waals surface area contributed by atoms with Crippen molar-refractivity contribution in [1.82, 2.24) is 10.2 Å². The predicted octanol–water partition coefficient (Wildman–Crippen LogP) is 3.64. The van der Waals surface area contributed by atoms with Crippen molar-refractivity contribution in [3.8, 4) is 5.75 Å². The van der Waals surface area contributed by atoms with Gasteiger partial charge in [-0.25, -0.2) is 0 Å². The van der Waals surface area contributed by atoms with Crippen LogP contribution in [-0.4, -0.2) is 15.3 Å². The van der Waals surface area contributed by atoms with Crippen molar-refractivity contribution in [2.45, 2.75) is 6.54 Å². The summed E-state index contributed by atoms with van der Waals surface area (Å²) in [6.07, 6.45) is 1.79. The quantitative estimate of drug-likeness (QED) is 0.691. The van der Waals surface area contributed by atoms with Crippen molar-refractivity contribution in [3.63, 3.8) is 0 Å². The van der Waals surface area contributed by atoms with Gasteiger partial charge in [0.1, 0.15) is 5.75 Å². The highest BCUT2D eigenvalue weighted by atomic mass is 79.9. The van der Waals surface area contributed by atoms with E-state index in [0.717, 1.165) is 22.2 Å². The van der Waals surface area contributed by atoms with Gasteiger partial charge in [0.25, 0.3) is 0 Å². The SMILES string of the molecule is Oc1c(Br)cccc1CNc1cccc2cn[nH]c12. The number of hydrogen-bond donors (Lipinski definition) is 3. The summed E-state index contributed by atoms with van der Waals surface area (Å²) in [7, 11) is 0. The van der Waals surface area contributed by atoms with E-state index in [4.69, 9.17) is 0 Å². The van der Waals surface area contributed by atoms with Crippen LogP contribution in [-0.2, 0) is 6.54 Å². The molecule has 0 aliphatic carbocycles. The van der Waals surface area contributed by atoms with Crippen LogP contribution < -0.4 is 5.32 Å². The molecule has 96 valence electrons. The lowest BCUT2D eigenvalue weighted by molar-refractivity contribution is 0.465. The smallest absolute Gasteiger partial charge is 0.134 e. The maximum atomic E-state index is 9.94. The minimum atomic E-state index is 0.270. The third kappa shape index (κ3) is 2.29. The molecular weight excluding hydrogens is 306 g/mol. The van der Waals surface area contributed by atoms with E-state index in [1.54, 1.807) is 6.20 Å². The molecule has 0 bridgehead atoms. The minimum absolute atomic E-state index is 0.270. The Morgan fingerprint density at radius 2 is 2.05 bits per heavy atom. The fourth-order valence-corrected chi connectivity index (χ4v) is 2.42. The van der Waals surface area contributed by atoms with Gasteiger partial charge in [0.2, 0.25) is 0 Å². The number of aromatic hydroxyl groups is 1. The number of phenols is 1. The first-order valence-corrected chi connectivity index (χ1v) is 6.67. The van der Waals surface area contributed by atoms with Crippen LogP contribution in [0.15, 0.2) is 47.1 Å². The Kier molecular flexibility index (Phi) is 3.13. The molecule has 19 heavy (non-hydrogen) atoms. The number of nitrogens with one attached hydrogen (secondary N) is 2. The Morgan fingerprint density at radius 3 is 2.95 bits per heavy atom. The predicted molar refractivity (Wildman–Crippen MR) is 79.2 cm³/mol. The molecule has 0 saturated carbocycles. The third-order valence-corrected chi connectivity index (χ3v) is 3.66. The van der Waals surface area contributed by atoms with Crippen molar-refractivity contribution in [2.75, 3.05) is 5.32 Å². The average Bonchev–Trinajstić information content (AvgIpc) is 2.89. The van der Waals surface area contributed by atoms with Gasteiger partial charge in [-0.1, -0.05) is 24.3 Å². The molecule has 5 heteroatoms. The lowest BCUT2D eigenvalue weighted by Gasteiger charge is -2.09. The lowest BCUT2D eigenvalue weighted by Crippen LogP contribution is -2.00. The molecule has 0 saturated heterocycles. The fourth-order valence-electron chi connectivity index (χ4n) is 2.01. The molecule has 1 heterocycles. The van der Waals surface area contributed by atoms with Gasteiger partial charge in [-0.3, -0.25) is 5.10 Å². The van der Waals surface area contributed by atoms with E-state index < -0.39 is 0 Å². The number of halogens is 1. The molecule has 2 aromatic carbocycles. The van der Waals surface area contributed by atoms with Crippen LogP contribution >= 0.6 is 15.9 Å². The zero-order valence-corrected chi connectivity index (χ0v) is 11.6. The molecule has 3 rings (SSSR count). The summed E-state index contributed by atoms with van der Waals surface area (Å²) in [6, 6.07) is 11.6. The van der Waals surface area contributed by atoms with Crippen LogP contribution in [0.3, 0.4) is 0 Å². The van der Waals surface area contributed by atoms with Crippen LogP contribution in [0.2, 0.25) is 0 Å². The second-order valence-electron chi connectivity index (χ2n) is 4.24. The molecule has 1 aromatic heterocycles. The monoisotopic (exact) mass is 317 g/mol. The first-order chi connectivity index (χ1) is 9.25. The summed E-state index contributed by atoms with van der Waals surface area (Å²) in [6.45, 7) is 0.545. The third-order valence-electron chi connectivity index (χ3n) is 3.02. The summed E-state index contributed by atoms with van der Waals surface area (Å²) < 4.78 is 0.701. The summed E-state index contributed by atoms with van der Waals surface area (Å²) in [5.41, 5.74) is 2.78. The van der Waals surface area contributed by atoms with Crippen LogP contribution in [0.1, 0.15) is 5.56 Å². The van der Waals surface area contributed by atoms with Crippen molar-refractivity contribution in [3.05, 3.63) is 52.6 Å². The Hall–Kier alpha value is -2.01. The molecule has 3 N–H and O–H groups in total. The fraction of sp³-hybridized carbons (Fsp3) is 0.0714. The number of rotatable bonds is 3. The van der Waals surface area contributed by atoms with E-state index in [0.29, 0.717) is 11.0 Å². The van der Waals surface area contributed by atoms with Crippen molar-refractivity contribution < 1.29 is 5.11 Å². The van der Waals surface area contributed by atoms with Gasteiger partial charge in [-0.15, -0.1) is 0 Å². The maximum absolute atomic E-state index is 9.94. The summed E-state index contributed by atoms with van der Waals surface area (Å²) in [5.74, 6) is 0.270. The average molecular weight is 318 g/mol. The molecular formula is C14H12BrN3O. The zero-order valence-electron chi connectivity index (χ0n) is 10.0. The van der Waals surface area contributed by atoms with Crippen molar-refractivity contribution in [2.24, 2.45) is 0 Å². The number of para-hydroxylation sites is 2. The Morgan fingerprint density at radius 1 is 1.21 bits per heavy atom. The Bertz CT molecular complexity index is 724. The number of phenolic OH excluding ortho intramolecular Hbond substituents is 1. The lowest BCUT2D eigenvalue weighted by atomic mass is 10.2. The molecule has 3 aromatic rings. The Balaban J connectivity index is 1.86. The minimum Gasteiger partial charge on any atom is -0.506 e. The largest absolute Gasteiger partial charge is 0.506 e. The van der Waals surface area contributed by atoms with Crippen molar-refractivity contribution >= 4 is 32.5 Å². The number of fused-ring (bicyclic) bond motifs is 1. The summed E-state index contributed by atoms with van der Waals surface area (Å²) in [4.78, 5) is 0. The highest BCUT2D eigenvalue weighted by molar-refractivity contribution is 9.10. The maximum Gasteiger partial charge on any atom is 0.134 e. The number of aromatic amines is 1. The van der Waals surface area contributed by atoms with E-state index >= 15 is 0 Å². The van der Waals surface area contributed by atoms with Crippen LogP contribution in [0.4, 0.5) is 5.69 Å².